The third kappa shape index (κ3) is 5.01. The van der Waals surface area contributed by atoms with Crippen molar-refractivity contribution in [2.45, 2.75) is 37.5 Å². The van der Waals surface area contributed by atoms with Gasteiger partial charge in [-0.25, -0.2) is 13.1 Å². The number of benzene rings is 1. The molecule has 0 aromatic heterocycles. The van der Waals surface area contributed by atoms with Crippen molar-refractivity contribution in [3.8, 4) is 5.75 Å². The maximum absolute atomic E-state index is 12.1. The Morgan fingerprint density at radius 2 is 2.00 bits per heavy atom. The topological polar surface area (TPSA) is 55.4 Å². The molecule has 0 heterocycles. The third-order valence-electron chi connectivity index (χ3n) is 2.74. The van der Waals surface area contributed by atoms with Gasteiger partial charge in [0.2, 0.25) is 10.0 Å². The maximum atomic E-state index is 12.1. The SMILES string of the molecule is CCCCCCNS(=O)(=O)c1cc(Cl)ccc1OC. The van der Waals surface area contributed by atoms with Crippen molar-refractivity contribution in [2.24, 2.45) is 0 Å². The molecule has 0 atom stereocenters. The van der Waals surface area contributed by atoms with Crippen LogP contribution in [0.4, 0.5) is 0 Å². The first kappa shape index (κ1) is 16.3. The van der Waals surface area contributed by atoms with Gasteiger partial charge in [-0.15, -0.1) is 0 Å². The lowest BCUT2D eigenvalue weighted by Gasteiger charge is -2.11. The summed E-state index contributed by atoms with van der Waals surface area (Å²) in [5.41, 5.74) is 0. The molecule has 1 N–H and O–H groups in total. The van der Waals surface area contributed by atoms with Crippen LogP contribution >= 0.6 is 11.6 Å². The van der Waals surface area contributed by atoms with Gasteiger partial charge in [0.1, 0.15) is 10.6 Å². The van der Waals surface area contributed by atoms with Crippen LogP contribution in [0.5, 0.6) is 5.75 Å². The number of halogens is 1. The Kier molecular flexibility index (Phi) is 6.62. The fourth-order valence-electron chi connectivity index (χ4n) is 1.70. The van der Waals surface area contributed by atoms with Crippen molar-refractivity contribution in [2.75, 3.05) is 13.7 Å². The van der Waals surface area contributed by atoms with Crippen LogP contribution in [0, 0.1) is 0 Å². The van der Waals surface area contributed by atoms with E-state index >= 15 is 0 Å². The summed E-state index contributed by atoms with van der Waals surface area (Å²) in [6.07, 6.45) is 4.08. The van der Waals surface area contributed by atoms with E-state index in [9.17, 15) is 8.42 Å². The molecule has 0 aliphatic carbocycles. The molecule has 0 saturated heterocycles. The molecule has 1 rings (SSSR count). The lowest BCUT2D eigenvalue weighted by atomic mass is 10.2. The number of hydrogen-bond acceptors (Lipinski definition) is 3. The van der Waals surface area contributed by atoms with Gasteiger partial charge < -0.3 is 4.74 Å². The predicted octanol–water partition coefficient (Wildman–Crippen LogP) is 3.21. The van der Waals surface area contributed by atoms with Gasteiger partial charge in [0, 0.05) is 11.6 Å². The summed E-state index contributed by atoms with van der Waals surface area (Å²) in [7, 11) is -2.14. The van der Waals surface area contributed by atoms with Crippen molar-refractivity contribution in [1.82, 2.24) is 4.72 Å². The second kappa shape index (κ2) is 7.72. The number of sulfonamides is 1. The molecule has 6 heteroatoms. The Balaban J connectivity index is 2.74. The standard InChI is InChI=1S/C13H20ClNO3S/c1-3-4-5-6-9-15-19(16,17)13-10-11(14)7-8-12(13)18-2/h7-8,10,15H,3-6,9H2,1-2H3. The molecule has 19 heavy (non-hydrogen) atoms. The molecular weight excluding hydrogens is 286 g/mol. The Morgan fingerprint density at radius 1 is 1.26 bits per heavy atom. The van der Waals surface area contributed by atoms with E-state index in [1.807, 2.05) is 0 Å². The molecule has 0 unspecified atom stereocenters. The van der Waals surface area contributed by atoms with E-state index in [-0.39, 0.29) is 4.90 Å². The first-order valence-electron chi connectivity index (χ1n) is 6.34. The van der Waals surface area contributed by atoms with E-state index in [2.05, 4.69) is 11.6 Å². The highest BCUT2D eigenvalue weighted by Gasteiger charge is 2.19. The lowest BCUT2D eigenvalue weighted by Crippen LogP contribution is -2.25. The molecule has 0 amide bonds. The maximum Gasteiger partial charge on any atom is 0.244 e. The normalized spacial score (nSPS) is 11.5. The minimum absolute atomic E-state index is 0.0815. The van der Waals surface area contributed by atoms with Crippen LogP contribution in [-0.2, 0) is 10.0 Å². The molecule has 0 aliphatic heterocycles. The van der Waals surface area contributed by atoms with Crippen molar-refractivity contribution in [3.63, 3.8) is 0 Å². The third-order valence-corrected chi connectivity index (χ3v) is 4.45. The molecule has 1 aromatic rings. The number of methoxy groups -OCH3 is 1. The van der Waals surface area contributed by atoms with Crippen LogP contribution in [0.2, 0.25) is 5.02 Å². The quantitative estimate of drug-likeness (QED) is 0.750. The molecule has 0 spiro atoms. The van der Waals surface area contributed by atoms with Gasteiger partial charge in [0.15, 0.2) is 0 Å². The first-order chi connectivity index (χ1) is 9.01. The van der Waals surface area contributed by atoms with Gasteiger partial charge in [-0.1, -0.05) is 37.8 Å². The Bertz CT molecular complexity index is 503. The summed E-state index contributed by atoms with van der Waals surface area (Å²) in [6, 6.07) is 4.55. The minimum Gasteiger partial charge on any atom is -0.495 e. The van der Waals surface area contributed by atoms with E-state index in [1.54, 1.807) is 12.1 Å². The molecule has 4 nitrogen and oxygen atoms in total. The number of ether oxygens (including phenoxy) is 1. The van der Waals surface area contributed by atoms with E-state index < -0.39 is 10.0 Å². The fourth-order valence-corrected chi connectivity index (χ4v) is 3.20. The van der Waals surface area contributed by atoms with Crippen molar-refractivity contribution >= 4 is 21.6 Å². The smallest absolute Gasteiger partial charge is 0.244 e. The number of unbranched alkanes of at least 4 members (excludes halogenated alkanes) is 3. The molecule has 0 bridgehead atoms. The Hall–Kier alpha value is -0.780. The van der Waals surface area contributed by atoms with Gasteiger partial charge in [0.05, 0.1) is 7.11 Å². The van der Waals surface area contributed by atoms with Gasteiger partial charge in [-0.3, -0.25) is 0 Å². The number of hydrogen-bond donors (Lipinski definition) is 1. The Morgan fingerprint density at radius 3 is 2.63 bits per heavy atom. The van der Waals surface area contributed by atoms with E-state index in [1.165, 1.54) is 13.2 Å². The van der Waals surface area contributed by atoms with Gasteiger partial charge >= 0.3 is 0 Å². The van der Waals surface area contributed by atoms with Gasteiger partial charge in [-0.2, -0.15) is 0 Å². The predicted molar refractivity (Wildman–Crippen MR) is 77.3 cm³/mol. The van der Waals surface area contributed by atoms with Crippen LogP contribution in [0.1, 0.15) is 32.6 Å². The summed E-state index contributed by atoms with van der Waals surface area (Å²) < 4.78 is 31.9. The van der Waals surface area contributed by atoms with Crippen molar-refractivity contribution < 1.29 is 13.2 Å². The average Bonchev–Trinajstić information content (AvgIpc) is 2.38. The van der Waals surface area contributed by atoms with Crippen LogP contribution in [0.15, 0.2) is 23.1 Å². The van der Waals surface area contributed by atoms with Crippen LogP contribution in [0.25, 0.3) is 0 Å². The summed E-state index contributed by atoms with van der Waals surface area (Å²) >= 11 is 5.83. The first-order valence-corrected chi connectivity index (χ1v) is 8.20. The second-order valence-corrected chi connectivity index (χ2v) is 6.43. The minimum atomic E-state index is -3.57. The van der Waals surface area contributed by atoms with Gasteiger partial charge in [0.25, 0.3) is 0 Å². The summed E-state index contributed by atoms with van der Waals surface area (Å²) in [4.78, 5) is 0.0815. The highest BCUT2D eigenvalue weighted by molar-refractivity contribution is 7.89. The number of rotatable bonds is 8. The summed E-state index contributed by atoms with van der Waals surface area (Å²) in [6.45, 7) is 2.54. The zero-order valence-corrected chi connectivity index (χ0v) is 12.9. The summed E-state index contributed by atoms with van der Waals surface area (Å²) in [5, 5.41) is 0.368. The molecule has 0 saturated carbocycles. The molecule has 0 aliphatic rings. The summed E-state index contributed by atoms with van der Waals surface area (Å²) in [5.74, 6) is 0.297. The molecule has 108 valence electrons. The molecular formula is C13H20ClNO3S. The zero-order valence-electron chi connectivity index (χ0n) is 11.3. The van der Waals surface area contributed by atoms with E-state index in [4.69, 9.17) is 16.3 Å². The van der Waals surface area contributed by atoms with E-state index in [0.717, 1.165) is 25.7 Å². The Labute approximate surface area is 120 Å². The van der Waals surface area contributed by atoms with Crippen molar-refractivity contribution in [1.29, 1.82) is 0 Å². The van der Waals surface area contributed by atoms with Crippen LogP contribution in [0.3, 0.4) is 0 Å². The molecule has 0 fully saturated rings. The largest absolute Gasteiger partial charge is 0.495 e. The zero-order chi connectivity index (χ0) is 14.3. The monoisotopic (exact) mass is 305 g/mol. The van der Waals surface area contributed by atoms with Crippen molar-refractivity contribution in [3.05, 3.63) is 23.2 Å². The van der Waals surface area contributed by atoms with Crippen LogP contribution < -0.4 is 9.46 Å². The fraction of sp³-hybridized carbons (Fsp3) is 0.538. The van der Waals surface area contributed by atoms with E-state index in [0.29, 0.717) is 17.3 Å². The molecule has 0 radical (unpaired) electrons. The number of nitrogens with one attached hydrogen (secondary N) is 1. The second-order valence-electron chi connectivity index (χ2n) is 4.25. The lowest BCUT2D eigenvalue weighted by molar-refractivity contribution is 0.402. The molecule has 1 aromatic carbocycles. The van der Waals surface area contributed by atoms with Crippen LogP contribution in [-0.4, -0.2) is 22.1 Å². The van der Waals surface area contributed by atoms with Gasteiger partial charge in [-0.05, 0) is 24.6 Å². The average molecular weight is 306 g/mol. The highest BCUT2D eigenvalue weighted by Crippen LogP contribution is 2.26. The highest BCUT2D eigenvalue weighted by atomic mass is 35.5.